The van der Waals surface area contributed by atoms with Gasteiger partial charge in [0.05, 0.1) is 11.8 Å². The molecule has 0 amide bonds. The molecule has 28 heavy (non-hydrogen) atoms. The van der Waals surface area contributed by atoms with E-state index in [1.807, 2.05) is 17.1 Å². The van der Waals surface area contributed by atoms with Crippen molar-refractivity contribution in [2.75, 3.05) is 0 Å². The molecule has 0 aliphatic carbocycles. The summed E-state index contributed by atoms with van der Waals surface area (Å²) in [6.45, 7) is 0. The van der Waals surface area contributed by atoms with E-state index in [1.54, 1.807) is 30.3 Å². The first-order valence-electron chi connectivity index (χ1n) is 8.92. The molecule has 0 radical (unpaired) electrons. The number of rotatable bonds is 2. The molecule has 3 aromatic carbocycles. The van der Waals surface area contributed by atoms with Gasteiger partial charge in [0, 0.05) is 22.6 Å². The summed E-state index contributed by atoms with van der Waals surface area (Å²) >= 11 is 6.21. The maximum Gasteiger partial charge on any atom is 0.213 e. The van der Waals surface area contributed by atoms with Crippen molar-refractivity contribution in [3.05, 3.63) is 100 Å². The molecule has 140 valence electrons. The van der Waals surface area contributed by atoms with Crippen LogP contribution < -0.4 is 4.74 Å². The molecule has 2 heterocycles. The highest BCUT2D eigenvalue weighted by Gasteiger charge is 2.41. The zero-order chi connectivity index (χ0) is 19.3. The first kappa shape index (κ1) is 17.2. The summed E-state index contributed by atoms with van der Waals surface area (Å²) in [5, 5.41) is 7.29. The van der Waals surface area contributed by atoms with E-state index >= 15 is 0 Å². The Labute approximate surface area is 165 Å². The van der Waals surface area contributed by atoms with Crippen molar-refractivity contribution in [3.63, 3.8) is 0 Å². The SMILES string of the molecule is Fc1ccc(C2=NN3[C@H](C2)c2cc(Cl)ccc2O[C@@H]3c2ccc(F)cc2)cc1. The molecular weight excluding hydrogens is 382 g/mol. The lowest BCUT2D eigenvalue weighted by atomic mass is 9.96. The van der Waals surface area contributed by atoms with Gasteiger partial charge in [0.15, 0.2) is 0 Å². The molecule has 0 unspecified atom stereocenters. The number of nitrogens with zero attached hydrogens (tertiary/aromatic N) is 2. The van der Waals surface area contributed by atoms with Crippen molar-refractivity contribution in [2.45, 2.75) is 18.7 Å². The Hall–Kier alpha value is -2.92. The number of ether oxygens (including phenoxy) is 1. The Kier molecular flexibility index (Phi) is 4.05. The quantitative estimate of drug-likeness (QED) is 0.542. The topological polar surface area (TPSA) is 24.8 Å². The largest absolute Gasteiger partial charge is 0.464 e. The van der Waals surface area contributed by atoms with Crippen LogP contribution in [0.25, 0.3) is 0 Å². The van der Waals surface area contributed by atoms with Crippen molar-refractivity contribution in [3.8, 4) is 5.75 Å². The molecule has 0 aromatic heterocycles. The zero-order valence-corrected chi connectivity index (χ0v) is 15.4. The average Bonchev–Trinajstić information content (AvgIpc) is 3.14. The molecule has 0 saturated heterocycles. The second-order valence-corrected chi connectivity index (χ2v) is 7.29. The van der Waals surface area contributed by atoms with Crippen molar-refractivity contribution in [1.29, 1.82) is 0 Å². The Morgan fingerprint density at radius 2 is 1.61 bits per heavy atom. The lowest BCUT2D eigenvalue weighted by Crippen LogP contribution is -2.33. The van der Waals surface area contributed by atoms with Crippen molar-refractivity contribution in [1.82, 2.24) is 5.01 Å². The maximum absolute atomic E-state index is 13.4. The van der Waals surface area contributed by atoms with Crippen molar-refractivity contribution >= 4 is 17.3 Å². The van der Waals surface area contributed by atoms with Gasteiger partial charge in [0.2, 0.25) is 6.23 Å². The molecule has 2 aliphatic heterocycles. The van der Waals surface area contributed by atoms with Gasteiger partial charge in [-0.05, 0) is 48.0 Å². The van der Waals surface area contributed by atoms with Crippen LogP contribution >= 0.6 is 11.6 Å². The summed E-state index contributed by atoms with van der Waals surface area (Å²) in [7, 11) is 0. The van der Waals surface area contributed by atoms with Gasteiger partial charge < -0.3 is 4.74 Å². The fraction of sp³-hybridized carbons (Fsp3) is 0.136. The molecule has 0 saturated carbocycles. The van der Waals surface area contributed by atoms with Crippen LogP contribution in [0.5, 0.6) is 5.75 Å². The van der Waals surface area contributed by atoms with E-state index in [9.17, 15) is 8.78 Å². The lowest BCUT2D eigenvalue weighted by Gasteiger charge is -2.38. The summed E-state index contributed by atoms with van der Waals surface area (Å²) in [4.78, 5) is 0. The molecule has 0 bridgehead atoms. The van der Waals surface area contributed by atoms with E-state index in [4.69, 9.17) is 21.4 Å². The highest BCUT2D eigenvalue weighted by atomic mass is 35.5. The Morgan fingerprint density at radius 3 is 2.32 bits per heavy atom. The molecule has 0 N–H and O–H groups in total. The van der Waals surface area contributed by atoms with Crippen LogP contribution in [0, 0.1) is 11.6 Å². The number of benzene rings is 3. The van der Waals surface area contributed by atoms with Crippen LogP contribution in [0.1, 0.15) is 35.4 Å². The highest BCUT2D eigenvalue weighted by Crippen LogP contribution is 2.48. The maximum atomic E-state index is 13.4. The second-order valence-electron chi connectivity index (χ2n) is 6.86. The number of halogens is 3. The van der Waals surface area contributed by atoms with E-state index in [-0.39, 0.29) is 17.7 Å². The molecule has 2 aliphatic rings. The fourth-order valence-electron chi connectivity index (χ4n) is 3.72. The van der Waals surface area contributed by atoms with Gasteiger partial charge in [-0.25, -0.2) is 13.8 Å². The van der Waals surface area contributed by atoms with Crippen LogP contribution in [-0.2, 0) is 0 Å². The third kappa shape index (κ3) is 2.92. The second kappa shape index (κ2) is 6.60. The fourth-order valence-corrected chi connectivity index (χ4v) is 3.90. The van der Waals surface area contributed by atoms with Gasteiger partial charge in [-0.3, -0.25) is 0 Å². The summed E-state index contributed by atoms with van der Waals surface area (Å²) in [6, 6.07) is 18.0. The van der Waals surface area contributed by atoms with Crippen molar-refractivity contribution < 1.29 is 13.5 Å². The summed E-state index contributed by atoms with van der Waals surface area (Å²) in [5.41, 5.74) is 3.45. The first-order valence-corrected chi connectivity index (χ1v) is 9.29. The predicted octanol–water partition coefficient (Wildman–Crippen LogP) is 5.86. The van der Waals surface area contributed by atoms with Crippen LogP contribution in [0.3, 0.4) is 0 Å². The minimum atomic E-state index is -0.489. The van der Waals surface area contributed by atoms with Gasteiger partial charge in [-0.15, -0.1) is 0 Å². The predicted molar refractivity (Wildman–Crippen MR) is 103 cm³/mol. The number of hydrazone groups is 1. The lowest BCUT2D eigenvalue weighted by molar-refractivity contribution is -0.0190. The van der Waals surface area contributed by atoms with Gasteiger partial charge in [-0.2, -0.15) is 5.10 Å². The minimum Gasteiger partial charge on any atom is -0.464 e. The molecule has 0 spiro atoms. The molecule has 3 aromatic rings. The summed E-state index contributed by atoms with van der Waals surface area (Å²) < 4.78 is 32.9. The first-order chi connectivity index (χ1) is 13.6. The van der Waals surface area contributed by atoms with Crippen LogP contribution in [0.15, 0.2) is 71.8 Å². The molecule has 2 atom stereocenters. The Bertz CT molecular complexity index is 1070. The highest BCUT2D eigenvalue weighted by molar-refractivity contribution is 6.30. The average molecular weight is 397 g/mol. The van der Waals surface area contributed by atoms with Gasteiger partial charge in [0.25, 0.3) is 0 Å². The Morgan fingerprint density at radius 1 is 0.929 bits per heavy atom. The summed E-state index contributed by atoms with van der Waals surface area (Å²) in [6.07, 6.45) is 0.150. The van der Waals surface area contributed by atoms with Crippen LogP contribution in [0.2, 0.25) is 5.02 Å². The zero-order valence-electron chi connectivity index (χ0n) is 14.6. The summed E-state index contributed by atoms with van der Waals surface area (Å²) in [5.74, 6) is 0.139. The van der Waals surface area contributed by atoms with Crippen LogP contribution in [-0.4, -0.2) is 10.7 Å². The normalized spacial score (nSPS) is 20.2. The third-order valence-corrected chi connectivity index (χ3v) is 5.32. The van der Waals surface area contributed by atoms with E-state index < -0.39 is 6.23 Å². The molecular formula is C22H15ClF2N2O. The minimum absolute atomic E-state index is 0.0717. The molecule has 0 fully saturated rings. The Balaban J connectivity index is 1.59. The van der Waals surface area contributed by atoms with E-state index in [0.717, 1.165) is 28.2 Å². The monoisotopic (exact) mass is 396 g/mol. The van der Waals surface area contributed by atoms with Gasteiger partial charge >= 0.3 is 0 Å². The van der Waals surface area contributed by atoms with Crippen LogP contribution in [0.4, 0.5) is 8.78 Å². The van der Waals surface area contributed by atoms with Gasteiger partial charge in [0.1, 0.15) is 17.4 Å². The third-order valence-electron chi connectivity index (χ3n) is 5.08. The number of hydrogen-bond acceptors (Lipinski definition) is 3. The molecule has 6 heteroatoms. The van der Waals surface area contributed by atoms with E-state index in [1.165, 1.54) is 24.3 Å². The molecule has 5 rings (SSSR count). The smallest absolute Gasteiger partial charge is 0.213 e. The van der Waals surface area contributed by atoms with E-state index in [2.05, 4.69) is 0 Å². The number of fused-ring (bicyclic) bond motifs is 3. The van der Waals surface area contributed by atoms with E-state index in [0.29, 0.717) is 11.4 Å². The van der Waals surface area contributed by atoms with Gasteiger partial charge in [-0.1, -0.05) is 35.9 Å². The number of hydrogen-bond donors (Lipinski definition) is 0. The standard InChI is InChI=1S/C22H15ClF2N2O/c23-15-5-10-21-18(11-15)20-12-19(13-1-6-16(24)7-2-13)26-27(20)22(28-21)14-3-8-17(25)9-4-14/h1-11,20,22H,12H2/t20-,22-/m1/s1. The molecule has 3 nitrogen and oxygen atoms in total. The van der Waals surface area contributed by atoms with Crippen molar-refractivity contribution in [2.24, 2.45) is 5.10 Å².